The van der Waals surface area contributed by atoms with E-state index < -0.39 is 0 Å². The molecule has 2 aromatic carbocycles. The SMILES string of the molecule is O=C(CN1C(=O)c2ccccc2[C@@H]1c1c[nH]c2ccccc12)NCCCN1CCOCC1. The lowest BCUT2D eigenvalue weighted by Gasteiger charge is -2.27. The van der Waals surface area contributed by atoms with Crippen LogP contribution in [-0.2, 0) is 9.53 Å². The molecule has 7 heteroatoms. The van der Waals surface area contributed by atoms with Crippen LogP contribution in [0.25, 0.3) is 10.9 Å². The summed E-state index contributed by atoms with van der Waals surface area (Å²) in [5, 5.41) is 4.07. The standard InChI is InChI=1S/C25H28N4O3/c30-23(26-10-5-11-28-12-14-32-15-13-28)17-29-24(19-7-1-2-8-20(19)25(29)31)21-16-27-22-9-4-3-6-18(21)22/h1-4,6-9,16,24,27H,5,10-15,17H2,(H,26,30)/t24-/m1/s1. The van der Waals surface area contributed by atoms with Gasteiger partial charge < -0.3 is 19.9 Å². The number of H-pyrrole nitrogens is 1. The van der Waals surface area contributed by atoms with Gasteiger partial charge in [-0.3, -0.25) is 14.5 Å². The molecule has 5 rings (SSSR count). The molecule has 1 saturated heterocycles. The van der Waals surface area contributed by atoms with Gasteiger partial charge in [0, 0.05) is 47.9 Å². The summed E-state index contributed by atoms with van der Waals surface area (Å²) in [6.07, 6.45) is 2.84. The van der Waals surface area contributed by atoms with Crippen molar-refractivity contribution in [3.63, 3.8) is 0 Å². The third kappa shape index (κ3) is 4.01. The van der Waals surface area contributed by atoms with Crippen LogP contribution in [0, 0.1) is 0 Å². The molecule has 2 aliphatic heterocycles. The van der Waals surface area contributed by atoms with Crippen molar-refractivity contribution in [3.8, 4) is 0 Å². The Hall–Kier alpha value is -3.16. The van der Waals surface area contributed by atoms with Gasteiger partial charge in [0.1, 0.15) is 6.54 Å². The summed E-state index contributed by atoms with van der Waals surface area (Å²) in [7, 11) is 0. The minimum absolute atomic E-state index is 0.0369. The average Bonchev–Trinajstić information content (AvgIpc) is 3.37. The van der Waals surface area contributed by atoms with Crippen LogP contribution < -0.4 is 5.32 Å². The van der Waals surface area contributed by atoms with Gasteiger partial charge in [0.25, 0.3) is 5.91 Å². The molecule has 0 aliphatic carbocycles. The summed E-state index contributed by atoms with van der Waals surface area (Å²) < 4.78 is 5.37. The Kier molecular flexibility index (Phi) is 5.92. The Morgan fingerprint density at radius 3 is 2.72 bits per heavy atom. The molecule has 32 heavy (non-hydrogen) atoms. The number of hydrogen-bond donors (Lipinski definition) is 2. The topological polar surface area (TPSA) is 77.7 Å². The Morgan fingerprint density at radius 1 is 1.06 bits per heavy atom. The maximum atomic E-state index is 13.2. The average molecular weight is 433 g/mol. The summed E-state index contributed by atoms with van der Waals surface area (Å²) in [5.41, 5.74) is 3.65. The minimum Gasteiger partial charge on any atom is -0.379 e. The van der Waals surface area contributed by atoms with Crippen LogP contribution in [-0.4, -0.2) is 72.5 Å². The third-order valence-electron chi connectivity index (χ3n) is 6.37. The number of carbonyl (C=O) groups is 2. The highest BCUT2D eigenvalue weighted by molar-refractivity contribution is 6.02. The van der Waals surface area contributed by atoms with Crippen molar-refractivity contribution in [2.45, 2.75) is 12.5 Å². The third-order valence-corrected chi connectivity index (χ3v) is 6.37. The predicted octanol–water partition coefficient (Wildman–Crippen LogP) is 2.55. The van der Waals surface area contributed by atoms with E-state index in [0.717, 1.165) is 61.3 Å². The lowest BCUT2D eigenvalue weighted by molar-refractivity contribution is -0.122. The summed E-state index contributed by atoms with van der Waals surface area (Å²) >= 11 is 0. The molecule has 0 saturated carbocycles. The van der Waals surface area contributed by atoms with Crippen LogP contribution >= 0.6 is 0 Å². The second-order valence-electron chi connectivity index (χ2n) is 8.37. The molecule has 2 aliphatic rings. The van der Waals surface area contributed by atoms with Gasteiger partial charge in [-0.1, -0.05) is 36.4 Å². The van der Waals surface area contributed by atoms with E-state index >= 15 is 0 Å². The fourth-order valence-corrected chi connectivity index (χ4v) is 4.75. The molecule has 2 N–H and O–H groups in total. The van der Waals surface area contributed by atoms with Crippen LogP contribution in [0.3, 0.4) is 0 Å². The monoisotopic (exact) mass is 432 g/mol. The number of ether oxygens (including phenoxy) is 1. The number of hydrogen-bond acceptors (Lipinski definition) is 4. The van der Waals surface area contributed by atoms with E-state index in [-0.39, 0.29) is 24.4 Å². The molecule has 3 aromatic rings. The minimum atomic E-state index is -0.283. The van der Waals surface area contributed by atoms with E-state index in [2.05, 4.69) is 21.3 Å². The number of amides is 2. The first-order valence-electron chi connectivity index (χ1n) is 11.2. The molecule has 0 bridgehead atoms. The van der Waals surface area contributed by atoms with Gasteiger partial charge >= 0.3 is 0 Å². The number of benzene rings is 2. The fraction of sp³-hybridized carbons (Fsp3) is 0.360. The number of nitrogens with zero attached hydrogens (tertiary/aromatic N) is 2. The van der Waals surface area contributed by atoms with Crippen molar-refractivity contribution >= 4 is 22.7 Å². The zero-order valence-electron chi connectivity index (χ0n) is 18.0. The van der Waals surface area contributed by atoms with Crippen LogP contribution in [0.15, 0.2) is 54.7 Å². The maximum Gasteiger partial charge on any atom is 0.255 e. The number of aromatic amines is 1. The maximum absolute atomic E-state index is 13.2. The Labute approximate surface area is 187 Å². The summed E-state index contributed by atoms with van der Waals surface area (Å²) in [5.74, 6) is -0.225. The lowest BCUT2D eigenvalue weighted by Crippen LogP contribution is -2.41. The van der Waals surface area contributed by atoms with Gasteiger partial charge in [-0.05, 0) is 30.7 Å². The van der Waals surface area contributed by atoms with Gasteiger partial charge in [0.05, 0.1) is 19.3 Å². The number of rotatable bonds is 7. The highest BCUT2D eigenvalue weighted by Gasteiger charge is 2.39. The molecule has 1 fully saturated rings. The van der Waals surface area contributed by atoms with Crippen molar-refractivity contribution in [3.05, 3.63) is 71.4 Å². The largest absolute Gasteiger partial charge is 0.379 e. The van der Waals surface area contributed by atoms with E-state index in [1.807, 2.05) is 48.7 Å². The molecule has 0 radical (unpaired) electrons. The van der Waals surface area contributed by atoms with Crippen molar-refractivity contribution in [1.29, 1.82) is 0 Å². The zero-order chi connectivity index (χ0) is 21.9. The molecule has 2 amide bonds. The predicted molar refractivity (Wildman–Crippen MR) is 123 cm³/mol. The van der Waals surface area contributed by atoms with Gasteiger partial charge in [-0.15, -0.1) is 0 Å². The molecular formula is C25H28N4O3. The van der Waals surface area contributed by atoms with Gasteiger partial charge in [-0.25, -0.2) is 0 Å². The summed E-state index contributed by atoms with van der Waals surface area (Å²) in [6, 6.07) is 15.4. The van der Waals surface area contributed by atoms with E-state index in [4.69, 9.17) is 4.74 Å². The van der Waals surface area contributed by atoms with Crippen LogP contribution in [0.1, 0.15) is 33.9 Å². The van der Waals surface area contributed by atoms with Gasteiger partial charge in [0.2, 0.25) is 5.91 Å². The molecular weight excluding hydrogens is 404 g/mol. The molecule has 3 heterocycles. The molecule has 7 nitrogen and oxygen atoms in total. The van der Waals surface area contributed by atoms with Gasteiger partial charge in [-0.2, -0.15) is 0 Å². The number of nitrogens with one attached hydrogen (secondary N) is 2. The zero-order valence-corrected chi connectivity index (χ0v) is 18.0. The Bertz CT molecular complexity index is 1120. The first kappa shape index (κ1) is 20.7. The van der Waals surface area contributed by atoms with Crippen molar-refractivity contribution in [2.75, 3.05) is 45.9 Å². The Balaban J connectivity index is 1.29. The van der Waals surface area contributed by atoms with Crippen molar-refractivity contribution < 1.29 is 14.3 Å². The number of para-hydroxylation sites is 1. The highest BCUT2D eigenvalue weighted by Crippen LogP contribution is 2.40. The second-order valence-corrected chi connectivity index (χ2v) is 8.37. The highest BCUT2D eigenvalue weighted by atomic mass is 16.5. The van der Waals surface area contributed by atoms with Crippen LogP contribution in [0.5, 0.6) is 0 Å². The van der Waals surface area contributed by atoms with E-state index in [1.165, 1.54) is 0 Å². The molecule has 1 aromatic heterocycles. The van der Waals surface area contributed by atoms with Crippen LogP contribution in [0.2, 0.25) is 0 Å². The summed E-state index contributed by atoms with van der Waals surface area (Å²) in [4.78, 5) is 33.4. The number of fused-ring (bicyclic) bond motifs is 2. The van der Waals surface area contributed by atoms with E-state index in [0.29, 0.717) is 12.1 Å². The molecule has 0 unspecified atom stereocenters. The van der Waals surface area contributed by atoms with E-state index in [1.54, 1.807) is 4.90 Å². The normalized spacial score (nSPS) is 18.8. The molecule has 0 spiro atoms. The molecule has 166 valence electrons. The smallest absolute Gasteiger partial charge is 0.255 e. The van der Waals surface area contributed by atoms with E-state index in [9.17, 15) is 9.59 Å². The quantitative estimate of drug-likeness (QED) is 0.563. The summed E-state index contributed by atoms with van der Waals surface area (Å²) in [6.45, 7) is 5.02. The number of aromatic nitrogens is 1. The van der Waals surface area contributed by atoms with Gasteiger partial charge in [0.15, 0.2) is 0 Å². The Morgan fingerprint density at radius 2 is 1.84 bits per heavy atom. The second kappa shape index (κ2) is 9.14. The van der Waals surface area contributed by atoms with Crippen molar-refractivity contribution in [2.24, 2.45) is 0 Å². The van der Waals surface area contributed by atoms with Crippen molar-refractivity contribution in [1.82, 2.24) is 20.1 Å². The number of morpholine rings is 1. The first-order chi connectivity index (χ1) is 15.7. The fourth-order valence-electron chi connectivity index (χ4n) is 4.75. The number of carbonyl (C=O) groups excluding carboxylic acids is 2. The molecule has 1 atom stereocenters. The first-order valence-corrected chi connectivity index (χ1v) is 11.2. The van der Waals surface area contributed by atoms with Crippen LogP contribution in [0.4, 0.5) is 0 Å². The lowest BCUT2D eigenvalue weighted by atomic mass is 9.97.